The lowest BCUT2D eigenvalue weighted by Gasteiger charge is -2.48. The zero-order valence-electron chi connectivity index (χ0n) is 26.4. The average Bonchev–Trinajstić information content (AvgIpc) is 3.19. The molecule has 214 valence electrons. The number of benzene rings is 1. The number of rotatable bonds is 2. The van der Waals surface area contributed by atoms with E-state index in [1.54, 1.807) is 0 Å². The van der Waals surface area contributed by atoms with Crippen LogP contribution >= 0.6 is 11.3 Å². The van der Waals surface area contributed by atoms with Crippen molar-refractivity contribution in [2.75, 3.05) is 18.0 Å². The summed E-state index contributed by atoms with van der Waals surface area (Å²) in [6.07, 6.45) is 4.42. The standard InChI is InChI=1S/C35H46N2O2S/c1-20(32(3,4)5)17-24(33(6,7)8)27-21(2)40-30(36-27)23-18-22-19-25-28-26(29(22)39-31(23)38)35(11,12)14-16-37(28)15-13-34(25,9)10/h17-19H,2,13-16H2,1,3-12H3/b20-17+,27-24-. The molecule has 0 amide bonds. The molecule has 1 aromatic carbocycles. The molecule has 0 radical (unpaired) electrons. The smallest absolute Gasteiger partial charge is 0.346 e. The molecular weight excluding hydrogens is 512 g/mol. The van der Waals surface area contributed by atoms with E-state index in [-0.39, 0.29) is 27.3 Å². The molecule has 40 heavy (non-hydrogen) atoms. The molecule has 0 N–H and O–H groups in total. The zero-order valence-corrected chi connectivity index (χ0v) is 27.2. The molecule has 5 heteroatoms. The highest BCUT2D eigenvalue weighted by atomic mass is 32.1. The zero-order chi connectivity index (χ0) is 29.6. The number of anilines is 1. The molecule has 2 aliphatic rings. The lowest BCUT2D eigenvalue weighted by Crippen LogP contribution is -2.44. The predicted octanol–water partition coefficient (Wildman–Crippen LogP) is 7.69. The fourth-order valence-electron chi connectivity index (χ4n) is 6.05. The summed E-state index contributed by atoms with van der Waals surface area (Å²) >= 11 is 1.48. The maximum absolute atomic E-state index is 13.7. The van der Waals surface area contributed by atoms with Gasteiger partial charge in [-0.25, -0.2) is 9.78 Å². The molecule has 0 saturated carbocycles. The van der Waals surface area contributed by atoms with Crippen LogP contribution in [0.4, 0.5) is 5.69 Å². The molecule has 0 fully saturated rings. The Bertz CT molecular complexity index is 1720. The Morgan fingerprint density at radius 3 is 2.25 bits per heavy atom. The maximum atomic E-state index is 13.7. The van der Waals surface area contributed by atoms with E-state index in [9.17, 15) is 4.79 Å². The molecule has 2 aliphatic heterocycles. The van der Waals surface area contributed by atoms with E-state index in [0.717, 1.165) is 52.4 Å². The van der Waals surface area contributed by atoms with E-state index in [1.165, 1.54) is 33.7 Å². The van der Waals surface area contributed by atoms with Crippen molar-refractivity contribution in [3.63, 3.8) is 0 Å². The number of aromatic nitrogens is 1. The minimum atomic E-state index is -0.328. The Kier molecular flexibility index (Phi) is 6.62. The summed E-state index contributed by atoms with van der Waals surface area (Å²) in [5, 5.41) is 2.53. The molecule has 0 saturated heterocycles. The van der Waals surface area contributed by atoms with Crippen molar-refractivity contribution in [3.8, 4) is 10.6 Å². The maximum Gasteiger partial charge on any atom is 0.346 e. The lowest BCUT2D eigenvalue weighted by atomic mass is 9.69. The van der Waals surface area contributed by atoms with E-state index in [2.05, 4.69) is 99.8 Å². The third-order valence-corrected chi connectivity index (χ3v) is 10.2. The minimum absolute atomic E-state index is 0.0483. The quantitative estimate of drug-likeness (QED) is 0.303. The van der Waals surface area contributed by atoms with Gasteiger partial charge in [0.2, 0.25) is 0 Å². The fraction of sp³-hybridized carbons (Fsp3) is 0.543. The number of allylic oxidation sites excluding steroid dienone is 2. The topological polar surface area (TPSA) is 46.3 Å². The van der Waals surface area contributed by atoms with Crippen molar-refractivity contribution in [2.24, 2.45) is 10.8 Å². The first kappa shape index (κ1) is 28.9. The van der Waals surface area contributed by atoms with Crippen molar-refractivity contribution in [1.82, 2.24) is 4.98 Å². The Balaban J connectivity index is 1.79. The van der Waals surface area contributed by atoms with Crippen LogP contribution in [-0.4, -0.2) is 18.1 Å². The van der Waals surface area contributed by atoms with Crippen molar-refractivity contribution in [3.05, 3.63) is 55.2 Å². The van der Waals surface area contributed by atoms with Gasteiger partial charge in [-0.3, -0.25) is 0 Å². The summed E-state index contributed by atoms with van der Waals surface area (Å²) in [5.74, 6) is 0. The number of thiazole rings is 1. The van der Waals surface area contributed by atoms with Gasteiger partial charge in [-0.05, 0) is 64.7 Å². The molecule has 3 aromatic rings. The van der Waals surface area contributed by atoms with Crippen LogP contribution in [0.5, 0.6) is 0 Å². The first-order valence-corrected chi connectivity index (χ1v) is 15.4. The number of fused-ring (bicyclic) bond motifs is 2. The van der Waals surface area contributed by atoms with Crippen molar-refractivity contribution < 1.29 is 4.42 Å². The van der Waals surface area contributed by atoms with Crippen LogP contribution in [0.3, 0.4) is 0 Å². The van der Waals surface area contributed by atoms with Gasteiger partial charge < -0.3 is 9.32 Å². The highest BCUT2D eigenvalue weighted by molar-refractivity contribution is 7.12. The van der Waals surface area contributed by atoms with Crippen LogP contribution in [0.15, 0.2) is 33.0 Å². The molecule has 0 spiro atoms. The van der Waals surface area contributed by atoms with E-state index in [1.807, 2.05) is 6.07 Å². The van der Waals surface area contributed by atoms with Crippen molar-refractivity contribution in [1.29, 1.82) is 0 Å². The summed E-state index contributed by atoms with van der Waals surface area (Å²) in [6, 6.07) is 4.29. The lowest BCUT2D eigenvalue weighted by molar-refractivity contribution is 0.398. The molecule has 4 nitrogen and oxygen atoms in total. The molecule has 2 aromatic heterocycles. The second-order valence-electron chi connectivity index (χ2n) is 15.3. The van der Waals surface area contributed by atoms with E-state index in [4.69, 9.17) is 9.40 Å². The molecule has 0 bridgehead atoms. The number of hydrogen-bond donors (Lipinski definition) is 0. The predicted molar refractivity (Wildman–Crippen MR) is 172 cm³/mol. The normalized spacial score (nSPS) is 19.6. The van der Waals surface area contributed by atoms with Gasteiger partial charge in [0, 0.05) is 34.3 Å². The first-order valence-electron chi connectivity index (χ1n) is 14.6. The Labute approximate surface area is 243 Å². The van der Waals surface area contributed by atoms with Gasteiger partial charge in [0.05, 0.1) is 10.9 Å². The van der Waals surface area contributed by atoms with E-state index >= 15 is 0 Å². The molecule has 4 heterocycles. The van der Waals surface area contributed by atoms with Gasteiger partial charge in [-0.2, -0.15) is 0 Å². The van der Waals surface area contributed by atoms with Crippen LogP contribution < -0.4 is 20.4 Å². The van der Waals surface area contributed by atoms with Crippen LogP contribution in [0.1, 0.15) is 100 Å². The van der Waals surface area contributed by atoms with Crippen LogP contribution in [0, 0.1) is 10.8 Å². The largest absolute Gasteiger partial charge is 0.422 e. The molecule has 0 atom stereocenters. The molecule has 5 rings (SSSR count). The third-order valence-electron chi connectivity index (χ3n) is 9.27. The van der Waals surface area contributed by atoms with Gasteiger partial charge >= 0.3 is 5.63 Å². The van der Waals surface area contributed by atoms with Gasteiger partial charge in [0.1, 0.15) is 10.6 Å². The monoisotopic (exact) mass is 558 g/mol. The highest BCUT2D eigenvalue weighted by Crippen LogP contribution is 2.51. The summed E-state index contributed by atoms with van der Waals surface area (Å²) in [7, 11) is 0. The summed E-state index contributed by atoms with van der Waals surface area (Å²) < 4.78 is 7.12. The molecule has 0 unspecified atom stereocenters. The van der Waals surface area contributed by atoms with Crippen LogP contribution in [0.2, 0.25) is 0 Å². The Morgan fingerprint density at radius 2 is 1.65 bits per heavy atom. The van der Waals surface area contributed by atoms with Gasteiger partial charge in [0.25, 0.3) is 0 Å². The fourth-order valence-corrected chi connectivity index (χ4v) is 6.93. The Hall–Kier alpha value is -2.66. The van der Waals surface area contributed by atoms with Gasteiger partial charge in [-0.1, -0.05) is 87.5 Å². The molecular formula is C35H46N2O2S. The summed E-state index contributed by atoms with van der Waals surface area (Å²) in [4.78, 5) is 21.2. The third kappa shape index (κ3) is 4.78. The summed E-state index contributed by atoms with van der Waals surface area (Å²) in [6.45, 7) is 31.2. The summed E-state index contributed by atoms with van der Waals surface area (Å²) in [5.41, 5.74) is 7.08. The second kappa shape index (κ2) is 9.17. The van der Waals surface area contributed by atoms with Crippen LogP contribution in [-0.2, 0) is 10.8 Å². The van der Waals surface area contributed by atoms with Crippen molar-refractivity contribution >= 4 is 40.1 Å². The van der Waals surface area contributed by atoms with Gasteiger partial charge in [0.15, 0.2) is 0 Å². The Morgan fingerprint density at radius 1 is 1.02 bits per heavy atom. The first-order chi connectivity index (χ1) is 18.3. The molecule has 0 aliphatic carbocycles. The highest BCUT2D eigenvalue weighted by Gasteiger charge is 2.42. The van der Waals surface area contributed by atoms with Crippen LogP contribution in [0.25, 0.3) is 33.7 Å². The SMILES string of the molecule is C=c1sc(-c2cc3cc4c5c(c3oc2=O)C(C)(C)CCN5CCC4(C)C)n/c1=C(/C=C(\C)C(C)(C)C)C(C)(C)C. The van der Waals surface area contributed by atoms with Crippen molar-refractivity contribution in [2.45, 2.75) is 99.8 Å². The average molecular weight is 559 g/mol. The van der Waals surface area contributed by atoms with E-state index in [0.29, 0.717) is 10.6 Å². The number of hydrogen-bond acceptors (Lipinski definition) is 5. The van der Waals surface area contributed by atoms with Gasteiger partial charge in [-0.15, -0.1) is 11.3 Å². The second-order valence-corrected chi connectivity index (χ2v) is 16.4. The minimum Gasteiger partial charge on any atom is -0.422 e. The van der Waals surface area contributed by atoms with E-state index < -0.39 is 0 Å². The number of nitrogens with zero attached hydrogens (tertiary/aromatic N) is 2.